The van der Waals surface area contributed by atoms with Crippen LogP contribution < -0.4 is 5.32 Å². The Kier molecular flexibility index (Phi) is 5.82. The number of carbonyl (C=O) groups is 1. The van der Waals surface area contributed by atoms with Crippen molar-refractivity contribution in [2.45, 2.75) is 44.4 Å². The van der Waals surface area contributed by atoms with Gasteiger partial charge in [-0.15, -0.1) is 0 Å². The summed E-state index contributed by atoms with van der Waals surface area (Å²) >= 11 is 0. The van der Waals surface area contributed by atoms with Crippen LogP contribution in [-0.2, 0) is 20.8 Å². The van der Waals surface area contributed by atoms with Crippen LogP contribution in [0.5, 0.6) is 0 Å². The van der Waals surface area contributed by atoms with Crippen molar-refractivity contribution in [1.29, 1.82) is 0 Å². The van der Waals surface area contributed by atoms with Crippen LogP contribution in [0.4, 0.5) is 0 Å². The molecule has 3 saturated heterocycles. The second-order valence-corrected chi connectivity index (χ2v) is 7.91. The average molecular weight is 359 g/mol. The van der Waals surface area contributed by atoms with Gasteiger partial charge in [-0.25, -0.2) is 0 Å². The monoisotopic (exact) mass is 359 g/mol. The molecule has 0 radical (unpaired) electrons. The van der Waals surface area contributed by atoms with Gasteiger partial charge in [0.1, 0.15) is 0 Å². The van der Waals surface area contributed by atoms with Gasteiger partial charge in [0.05, 0.1) is 18.6 Å². The number of rotatable bonds is 6. The quantitative estimate of drug-likeness (QED) is 0.836. The summed E-state index contributed by atoms with van der Waals surface area (Å²) in [5.41, 5.74) is 1.02. The van der Waals surface area contributed by atoms with Crippen LogP contribution in [-0.4, -0.2) is 60.8 Å². The molecule has 0 bridgehead atoms. The first-order valence-corrected chi connectivity index (χ1v) is 9.87. The maximum absolute atomic E-state index is 12.2. The lowest BCUT2D eigenvalue weighted by Gasteiger charge is -2.27. The SMILES string of the molecule is O=C(C[C@@H]1C[C@@H]2CN(CC3CCOCC3)C[C@@H]2O1)NCc1cccnc1. The molecule has 142 valence electrons. The van der Waals surface area contributed by atoms with Crippen LogP contribution in [0.1, 0.15) is 31.2 Å². The van der Waals surface area contributed by atoms with Gasteiger partial charge >= 0.3 is 0 Å². The zero-order valence-corrected chi connectivity index (χ0v) is 15.3. The van der Waals surface area contributed by atoms with Crippen molar-refractivity contribution in [3.8, 4) is 0 Å². The van der Waals surface area contributed by atoms with Gasteiger partial charge in [-0.05, 0) is 36.8 Å². The summed E-state index contributed by atoms with van der Waals surface area (Å²) in [6.07, 6.45) is 7.75. The van der Waals surface area contributed by atoms with Gasteiger partial charge in [0.2, 0.25) is 5.91 Å². The Labute approximate surface area is 155 Å². The lowest BCUT2D eigenvalue weighted by atomic mass is 9.99. The van der Waals surface area contributed by atoms with Gasteiger partial charge in [-0.2, -0.15) is 0 Å². The molecule has 26 heavy (non-hydrogen) atoms. The van der Waals surface area contributed by atoms with Crippen molar-refractivity contribution in [3.63, 3.8) is 0 Å². The smallest absolute Gasteiger partial charge is 0.222 e. The molecule has 1 aromatic rings. The molecule has 1 aromatic heterocycles. The first-order chi connectivity index (χ1) is 12.8. The largest absolute Gasteiger partial charge is 0.381 e. The summed E-state index contributed by atoms with van der Waals surface area (Å²) in [7, 11) is 0. The summed E-state index contributed by atoms with van der Waals surface area (Å²) in [6.45, 7) is 5.68. The van der Waals surface area contributed by atoms with Crippen LogP contribution in [0.15, 0.2) is 24.5 Å². The minimum atomic E-state index is 0.0675. The Hall–Kier alpha value is -1.50. The van der Waals surface area contributed by atoms with Crippen molar-refractivity contribution in [2.24, 2.45) is 11.8 Å². The number of ether oxygens (including phenoxy) is 2. The second kappa shape index (κ2) is 8.46. The van der Waals surface area contributed by atoms with Gasteiger partial charge in [0.15, 0.2) is 0 Å². The Morgan fingerprint density at radius 1 is 1.31 bits per heavy atom. The van der Waals surface area contributed by atoms with Crippen molar-refractivity contribution >= 4 is 5.91 Å². The molecule has 6 nitrogen and oxygen atoms in total. The fourth-order valence-corrected chi connectivity index (χ4v) is 4.51. The first kappa shape index (κ1) is 17.9. The highest BCUT2D eigenvalue weighted by Gasteiger charge is 2.42. The van der Waals surface area contributed by atoms with E-state index in [0.29, 0.717) is 25.0 Å². The number of nitrogens with zero attached hydrogens (tertiary/aromatic N) is 2. The Balaban J connectivity index is 1.17. The first-order valence-electron chi connectivity index (χ1n) is 9.87. The Morgan fingerprint density at radius 3 is 2.96 bits per heavy atom. The van der Waals surface area contributed by atoms with E-state index in [1.807, 2.05) is 12.1 Å². The van der Waals surface area contributed by atoms with Crippen LogP contribution in [0.2, 0.25) is 0 Å². The molecule has 0 saturated carbocycles. The molecule has 0 aromatic carbocycles. The summed E-state index contributed by atoms with van der Waals surface area (Å²) < 4.78 is 11.6. The van der Waals surface area contributed by atoms with E-state index >= 15 is 0 Å². The molecule has 1 amide bonds. The average Bonchev–Trinajstić information content (AvgIpc) is 3.19. The third kappa shape index (κ3) is 4.61. The fourth-order valence-electron chi connectivity index (χ4n) is 4.51. The predicted octanol–water partition coefficient (Wildman–Crippen LogP) is 1.60. The number of nitrogens with one attached hydrogen (secondary N) is 1. The van der Waals surface area contributed by atoms with E-state index in [-0.39, 0.29) is 12.0 Å². The molecule has 0 unspecified atom stereocenters. The van der Waals surface area contributed by atoms with Gasteiger partial charge in [0, 0.05) is 57.7 Å². The van der Waals surface area contributed by atoms with E-state index in [4.69, 9.17) is 9.47 Å². The van der Waals surface area contributed by atoms with Crippen molar-refractivity contribution in [1.82, 2.24) is 15.2 Å². The minimum absolute atomic E-state index is 0.0675. The highest BCUT2D eigenvalue weighted by Crippen LogP contribution is 2.35. The minimum Gasteiger partial charge on any atom is -0.381 e. The zero-order chi connectivity index (χ0) is 17.8. The summed E-state index contributed by atoms with van der Waals surface area (Å²) in [4.78, 5) is 18.8. The van der Waals surface area contributed by atoms with E-state index in [1.54, 1.807) is 12.4 Å². The molecule has 3 aliphatic heterocycles. The number of aromatic nitrogens is 1. The van der Waals surface area contributed by atoms with E-state index in [2.05, 4.69) is 15.2 Å². The molecule has 0 aliphatic carbocycles. The number of likely N-dealkylation sites (tertiary alicyclic amines) is 1. The molecule has 4 heterocycles. The lowest BCUT2D eigenvalue weighted by Crippen LogP contribution is -2.33. The molecule has 4 rings (SSSR count). The van der Waals surface area contributed by atoms with Gasteiger partial charge in [-0.1, -0.05) is 6.07 Å². The van der Waals surface area contributed by atoms with E-state index < -0.39 is 0 Å². The van der Waals surface area contributed by atoms with E-state index in [1.165, 1.54) is 19.4 Å². The van der Waals surface area contributed by atoms with Crippen molar-refractivity contribution in [2.75, 3.05) is 32.8 Å². The molecule has 1 N–H and O–H groups in total. The number of carbonyl (C=O) groups excluding carboxylic acids is 1. The molecule has 3 atom stereocenters. The third-order valence-corrected chi connectivity index (χ3v) is 5.87. The topological polar surface area (TPSA) is 63.7 Å². The van der Waals surface area contributed by atoms with Crippen molar-refractivity contribution < 1.29 is 14.3 Å². The molecule has 3 fully saturated rings. The highest BCUT2D eigenvalue weighted by molar-refractivity contribution is 5.76. The Morgan fingerprint density at radius 2 is 2.19 bits per heavy atom. The number of fused-ring (bicyclic) bond motifs is 1. The van der Waals surface area contributed by atoms with E-state index in [0.717, 1.165) is 44.2 Å². The number of pyridine rings is 1. The van der Waals surface area contributed by atoms with Crippen LogP contribution >= 0.6 is 0 Å². The molecule has 6 heteroatoms. The fraction of sp³-hybridized carbons (Fsp3) is 0.700. The zero-order valence-electron chi connectivity index (χ0n) is 15.3. The normalized spacial score (nSPS) is 29.6. The lowest BCUT2D eigenvalue weighted by molar-refractivity contribution is -0.124. The van der Waals surface area contributed by atoms with Crippen molar-refractivity contribution in [3.05, 3.63) is 30.1 Å². The number of hydrogen-bond donors (Lipinski definition) is 1. The molecular formula is C20H29N3O3. The molecular weight excluding hydrogens is 330 g/mol. The summed E-state index contributed by atoms with van der Waals surface area (Å²) in [5, 5.41) is 2.97. The summed E-state index contributed by atoms with van der Waals surface area (Å²) in [5.74, 6) is 1.43. The highest BCUT2D eigenvalue weighted by atomic mass is 16.5. The molecule has 3 aliphatic rings. The van der Waals surface area contributed by atoms with Gasteiger partial charge < -0.3 is 19.7 Å². The molecule has 0 spiro atoms. The second-order valence-electron chi connectivity index (χ2n) is 7.91. The maximum Gasteiger partial charge on any atom is 0.222 e. The number of hydrogen-bond acceptors (Lipinski definition) is 5. The standard InChI is InChI=1S/C20H29N3O3/c24-20(22-11-16-2-1-5-21-10-16)9-18-8-17-13-23(14-19(17)26-18)12-15-3-6-25-7-4-15/h1-2,5,10,15,17-19H,3-4,6-9,11-14H2,(H,22,24)/t17-,18+,19+/m1/s1. The van der Waals surface area contributed by atoms with Gasteiger partial charge in [-0.3, -0.25) is 9.78 Å². The van der Waals surface area contributed by atoms with Gasteiger partial charge in [0.25, 0.3) is 0 Å². The Bertz CT molecular complexity index is 577. The third-order valence-electron chi connectivity index (χ3n) is 5.87. The van der Waals surface area contributed by atoms with E-state index in [9.17, 15) is 4.79 Å². The number of amides is 1. The van der Waals surface area contributed by atoms with Crippen LogP contribution in [0, 0.1) is 11.8 Å². The van der Waals surface area contributed by atoms with Crippen LogP contribution in [0.25, 0.3) is 0 Å². The maximum atomic E-state index is 12.2. The summed E-state index contributed by atoms with van der Waals surface area (Å²) in [6, 6.07) is 3.85. The van der Waals surface area contributed by atoms with Crippen LogP contribution in [0.3, 0.4) is 0 Å². The predicted molar refractivity (Wildman–Crippen MR) is 97.5 cm³/mol.